The summed E-state index contributed by atoms with van der Waals surface area (Å²) in [6.45, 7) is -0.492. The zero-order chi connectivity index (χ0) is 12.5. The fraction of sp³-hybridized carbons (Fsp3) is 0.133. The van der Waals surface area contributed by atoms with Crippen LogP contribution in [0, 0.1) is 0 Å². The van der Waals surface area contributed by atoms with Crippen LogP contribution < -0.4 is 5.32 Å². The highest BCUT2D eigenvalue weighted by atomic mass is 16.3. The molecule has 1 amide bonds. The number of aliphatic hydroxyl groups excluding tert-OH is 1. The Morgan fingerprint density at radius 3 is 2.72 bits per heavy atom. The van der Waals surface area contributed by atoms with E-state index in [9.17, 15) is 4.79 Å². The first kappa shape index (κ1) is 11.0. The Balaban J connectivity index is 2.00. The van der Waals surface area contributed by atoms with Crippen molar-refractivity contribution in [3.05, 3.63) is 53.6 Å². The Morgan fingerprint density at radius 1 is 1.11 bits per heavy atom. The van der Waals surface area contributed by atoms with E-state index in [-0.39, 0.29) is 5.91 Å². The number of aliphatic hydroxyl groups is 1. The van der Waals surface area contributed by atoms with Gasteiger partial charge in [0.05, 0.1) is 0 Å². The van der Waals surface area contributed by atoms with Crippen molar-refractivity contribution in [1.82, 2.24) is 0 Å². The van der Waals surface area contributed by atoms with E-state index in [2.05, 4.69) is 17.4 Å². The molecule has 0 aromatic heterocycles. The van der Waals surface area contributed by atoms with Crippen LogP contribution in [0.2, 0.25) is 0 Å². The van der Waals surface area contributed by atoms with E-state index in [4.69, 9.17) is 5.11 Å². The predicted octanol–water partition coefficient (Wildman–Crippen LogP) is 2.19. The number of carbonyl (C=O) groups is 1. The molecule has 2 N–H and O–H groups in total. The van der Waals surface area contributed by atoms with E-state index in [0.29, 0.717) is 0 Å². The lowest BCUT2D eigenvalue weighted by atomic mass is 10.1. The van der Waals surface area contributed by atoms with Gasteiger partial charge in [-0.2, -0.15) is 0 Å². The summed E-state index contributed by atoms with van der Waals surface area (Å²) in [4.78, 5) is 11.2. The number of carbonyl (C=O) groups excluding carboxylic acids is 1. The molecule has 90 valence electrons. The molecule has 1 aliphatic rings. The number of hydrogen-bond acceptors (Lipinski definition) is 2. The Kier molecular flexibility index (Phi) is 2.61. The van der Waals surface area contributed by atoms with Gasteiger partial charge in [-0.25, -0.2) is 0 Å². The second-order valence-electron chi connectivity index (χ2n) is 4.41. The SMILES string of the molecule is O=C(CO)Nc1ccc2c(c1)-c1ccccc1C2. The monoisotopic (exact) mass is 239 g/mol. The topological polar surface area (TPSA) is 49.3 Å². The van der Waals surface area contributed by atoms with E-state index in [1.807, 2.05) is 30.3 Å². The second kappa shape index (κ2) is 4.27. The lowest BCUT2D eigenvalue weighted by Crippen LogP contribution is -2.15. The first-order valence-corrected chi connectivity index (χ1v) is 5.90. The standard InChI is InChI=1S/C15H13NO2/c17-9-15(18)16-12-6-5-11-7-10-3-1-2-4-13(10)14(11)8-12/h1-6,8,17H,7,9H2,(H,16,18). The van der Waals surface area contributed by atoms with Crippen molar-refractivity contribution in [1.29, 1.82) is 0 Å². The minimum absolute atomic E-state index is 0.388. The van der Waals surface area contributed by atoms with Crippen molar-refractivity contribution in [2.45, 2.75) is 6.42 Å². The number of hydrogen-bond donors (Lipinski definition) is 2. The van der Waals surface area contributed by atoms with E-state index in [1.54, 1.807) is 0 Å². The van der Waals surface area contributed by atoms with Crippen molar-refractivity contribution in [2.24, 2.45) is 0 Å². The normalized spacial score (nSPS) is 11.8. The van der Waals surface area contributed by atoms with Gasteiger partial charge >= 0.3 is 0 Å². The summed E-state index contributed by atoms with van der Waals surface area (Å²) in [7, 11) is 0. The highest BCUT2D eigenvalue weighted by molar-refractivity contribution is 5.93. The molecule has 3 rings (SSSR count). The van der Waals surface area contributed by atoms with Crippen LogP contribution >= 0.6 is 0 Å². The fourth-order valence-corrected chi connectivity index (χ4v) is 2.40. The maximum Gasteiger partial charge on any atom is 0.250 e. The number of nitrogens with one attached hydrogen (secondary N) is 1. The molecule has 18 heavy (non-hydrogen) atoms. The Morgan fingerprint density at radius 2 is 1.89 bits per heavy atom. The van der Waals surface area contributed by atoms with Gasteiger partial charge in [-0.05, 0) is 40.8 Å². The van der Waals surface area contributed by atoms with Crippen LogP contribution in [0.4, 0.5) is 5.69 Å². The molecule has 3 nitrogen and oxygen atoms in total. The van der Waals surface area contributed by atoms with Crippen LogP contribution in [-0.4, -0.2) is 17.6 Å². The highest BCUT2D eigenvalue weighted by Crippen LogP contribution is 2.37. The molecular formula is C15H13NO2. The Labute approximate surface area is 105 Å². The molecule has 0 atom stereocenters. The first-order valence-electron chi connectivity index (χ1n) is 5.90. The van der Waals surface area contributed by atoms with Crippen LogP contribution in [0.5, 0.6) is 0 Å². The average molecular weight is 239 g/mol. The smallest absolute Gasteiger partial charge is 0.250 e. The average Bonchev–Trinajstić information content (AvgIpc) is 2.77. The lowest BCUT2D eigenvalue weighted by Gasteiger charge is -2.06. The van der Waals surface area contributed by atoms with E-state index >= 15 is 0 Å². The maximum absolute atomic E-state index is 11.2. The van der Waals surface area contributed by atoms with Crippen molar-refractivity contribution >= 4 is 11.6 Å². The summed E-state index contributed by atoms with van der Waals surface area (Å²) < 4.78 is 0. The lowest BCUT2D eigenvalue weighted by molar-refractivity contribution is -0.118. The van der Waals surface area contributed by atoms with Gasteiger partial charge in [-0.15, -0.1) is 0 Å². The van der Waals surface area contributed by atoms with Gasteiger partial charge in [0.1, 0.15) is 6.61 Å². The van der Waals surface area contributed by atoms with Gasteiger partial charge in [-0.1, -0.05) is 30.3 Å². The van der Waals surface area contributed by atoms with Crippen molar-refractivity contribution in [3.8, 4) is 11.1 Å². The number of fused-ring (bicyclic) bond motifs is 3. The molecule has 0 fully saturated rings. The molecule has 3 heteroatoms. The van der Waals surface area contributed by atoms with Crippen LogP contribution in [0.15, 0.2) is 42.5 Å². The molecule has 0 saturated carbocycles. The summed E-state index contributed by atoms with van der Waals surface area (Å²) in [5.41, 5.74) is 5.72. The van der Waals surface area contributed by atoms with Gasteiger partial charge in [0.2, 0.25) is 5.91 Å². The first-order chi connectivity index (χ1) is 8.78. The van der Waals surface area contributed by atoms with E-state index in [1.165, 1.54) is 22.3 Å². The maximum atomic E-state index is 11.2. The number of anilines is 1. The van der Waals surface area contributed by atoms with Crippen molar-refractivity contribution in [3.63, 3.8) is 0 Å². The Hall–Kier alpha value is -2.13. The van der Waals surface area contributed by atoms with Crippen molar-refractivity contribution < 1.29 is 9.90 Å². The quantitative estimate of drug-likeness (QED) is 0.720. The van der Waals surface area contributed by atoms with Gasteiger partial charge in [-0.3, -0.25) is 4.79 Å². The van der Waals surface area contributed by atoms with E-state index in [0.717, 1.165) is 12.1 Å². The molecule has 2 aromatic carbocycles. The molecule has 0 spiro atoms. The third kappa shape index (κ3) is 1.79. The summed E-state index contributed by atoms with van der Waals surface area (Å²) >= 11 is 0. The third-order valence-corrected chi connectivity index (χ3v) is 3.23. The molecule has 2 aromatic rings. The highest BCUT2D eigenvalue weighted by Gasteiger charge is 2.18. The van der Waals surface area contributed by atoms with E-state index < -0.39 is 6.61 Å². The molecule has 0 radical (unpaired) electrons. The Bertz CT molecular complexity index is 620. The summed E-state index contributed by atoms with van der Waals surface area (Å²) in [6, 6.07) is 14.2. The molecular weight excluding hydrogens is 226 g/mol. The third-order valence-electron chi connectivity index (χ3n) is 3.23. The van der Waals surface area contributed by atoms with Crippen LogP contribution in [0.3, 0.4) is 0 Å². The van der Waals surface area contributed by atoms with Crippen LogP contribution in [0.25, 0.3) is 11.1 Å². The molecule has 0 unspecified atom stereocenters. The van der Waals surface area contributed by atoms with Crippen LogP contribution in [0.1, 0.15) is 11.1 Å². The van der Waals surface area contributed by atoms with Gasteiger partial charge in [0.25, 0.3) is 0 Å². The number of rotatable bonds is 2. The minimum atomic E-state index is -0.492. The van der Waals surface area contributed by atoms with Crippen LogP contribution in [-0.2, 0) is 11.2 Å². The molecule has 0 bridgehead atoms. The number of benzene rings is 2. The largest absolute Gasteiger partial charge is 0.387 e. The van der Waals surface area contributed by atoms with Gasteiger partial charge in [0, 0.05) is 5.69 Å². The summed E-state index contributed by atoms with van der Waals surface area (Å²) in [5.74, 6) is -0.388. The molecule has 0 saturated heterocycles. The van der Waals surface area contributed by atoms with Gasteiger partial charge < -0.3 is 10.4 Å². The minimum Gasteiger partial charge on any atom is -0.387 e. The molecule has 1 aliphatic carbocycles. The fourth-order valence-electron chi connectivity index (χ4n) is 2.40. The predicted molar refractivity (Wildman–Crippen MR) is 70.4 cm³/mol. The summed E-state index contributed by atoms with van der Waals surface area (Å²) in [5, 5.41) is 11.4. The second-order valence-corrected chi connectivity index (χ2v) is 4.41. The molecule has 0 aliphatic heterocycles. The molecule has 0 heterocycles. The van der Waals surface area contributed by atoms with Gasteiger partial charge in [0.15, 0.2) is 0 Å². The zero-order valence-corrected chi connectivity index (χ0v) is 9.81. The summed E-state index contributed by atoms with van der Waals surface area (Å²) in [6.07, 6.45) is 0.944. The zero-order valence-electron chi connectivity index (χ0n) is 9.81. The number of amides is 1. The van der Waals surface area contributed by atoms with Crippen molar-refractivity contribution in [2.75, 3.05) is 11.9 Å².